The number of likely N-dealkylation sites (tertiary alicyclic amines) is 1. The molecule has 11 heteroatoms. The van der Waals surface area contributed by atoms with Crippen molar-refractivity contribution >= 4 is 11.8 Å². The molecule has 1 aromatic carbocycles. The highest BCUT2D eigenvalue weighted by molar-refractivity contribution is 5.89. The highest BCUT2D eigenvalue weighted by atomic mass is 19.4. The molecule has 0 saturated carbocycles. The molecular weight excluding hydrogens is 428 g/mol. The van der Waals surface area contributed by atoms with Crippen molar-refractivity contribution in [2.45, 2.75) is 31.9 Å². The number of hydrogen-bond acceptors (Lipinski definition) is 3. The third-order valence-corrected chi connectivity index (χ3v) is 4.80. The predicted molar refractivity (Wildman–Crippen MR) is 96.1 cm³/mol. The normalized spacial score (nSPS) is 17.2. The quantitative estimate of drug-likeness (QED) is 0.713. The third kappa shape index (κ3) is 5.74. The van der Waals surface area contributed by atoms with Gasteiger partial charge < -0.3 is 10.2 Å². The lowest BCUT2D eigenvalue weighted by Gasteiger charge is -2.19. The molecule has 1 aromatic heterocycles. The summed E-state index contributed by atoms with van der Waals surface area (Å²) in [7, 11) is 0. The zero-order valence-electron chi connectivity index (χ0n) is 15.9. The van der Waals surface area contributed by atoms with Gasteiger partial charge in [-0.2, -0.15) is 26.3 Å². The van der Waals surface area contributed by atoms with Gasteiger partial charge in [-0.05, 0) is 35.4 Å². The fourth-order valence-electron chi connectivity index (χ4n) is 3.27. The third-order valence-electron chi connectivity index (χ3n) is 4.80. The number of hydrogen-bond donors (Lipinski definition) is 1. The number of carbonyl (C=O) groups excluding carboxylic acids is 2. The molecule has 3 rings (SSSR count). The van der Waals surface area contributed by atoms with E-state index in [1.807, 2.05) is 0 Å². The minimum absolute atomic E-state index is 0.0317. The zero-order chi connectivity index (χ0) is 22.8. The molecule has 1 saturated heterocycles. The maximum absolute atomic E-state index is 13.0. The van der Waals surface area contributed by atoms with E-state index in [2.05, 4.69) is 10.3 Å². The van der Waals surface area contributed by atoms with Crippen molar-refractivity contribution in [3.63, 3.8) is 0 Å². The van der Waals surface area contributed by atoms with Crippen LogP contribution in [0.3, 0.4) is 0 Å². The van der Waals surface area contributed by atoms with E-state index in [0.717, 1.165) is 10.5 Å². The number of halogens is 6. The largest absolute Gasteiger partial charge is 0.416 e. The van der Waals surface area contributed by atoms with Crippen LogP contribution in [0, 0.1) is 5.92 Å². The SMILES string of the molecule is O=C(NCc1cccnc1)C1CC(=O)N(Cc2cc(C(F)(F)F)cc(C(F)(F)F)c2)C1. The second kappa shape index (κ2) is 8.56. The van der Waals surface area contributed by atoms with E-state index in [1.54, 1.807) is 24.5 Å². The molecule has 1 N–H and O–H groups in total. The monoisotopic (exact) mass is 445 g/mol. The van der Waals surface area contributed by atoms with Crippen molar-refractivity contribution in [1.82, 2.24) is 15.2 Å². The van der Waals surface area contributed by atoms with E-state index in [1.165, 1.54) is 0 Å². The molecular formula is C20H17F6N3O2. The second-order valence-electron chi connectivity index (χ2n) is 7.17. The average molecular weight is 445 g/mol. The first-order chi connectivity index (χ1) is 14.4. The number of nitrogens with zero attached hydrogens (tertiary/aromatic N) is 2. The van der Waals surface area contributed by atoms with Gasteiger partial charge in [-0.1, -0.05) is 6.07 Å². The molecule has 1 unspecified atom stereocenters. The van der Waals surface area contributed by atoms with Crippen molar-refractivity contribution in [2.24, 2.45) is 5.92 Å². The Morgan fingerprint density at radius 3 is 2.26 bits per heavy atom. The summed E-state index contributed by atoms with van der Waals surface area (Å²) in [5.74, 6) is -1.70. The molecule has 0 spiro atoms. The summed E-state index contributed by atoms with van der Waals surface area (Å²) in [4.78, 5) is 29.5. The fraction of sp³-hybridized carbons (Fsp3) is 0.350. The van der Waals surface area contributed by atoms with Crippen LogP contribution in [-0.4, -0.2) is 28.2 Å². The van der Waals surface area contributed by atoms with Gasteiger partial charge in [0.1, 0.15) is 0 Å². The molecule has 0 radical (unpaired) electrons. The number of alkyl halides is 6. The van der Waals surface area contributed by atoms with Gasteiger partial charge in [-0.25, -0.2) is 0 Å². The lowest BCUT2D eigenvalue weighted by molar-refractivity contribution is -0.143. The van der Waals surface area contributed by atoms with Gasteiger partial charge in [-0.3, -0.25) is 14.6 Å². The van der Waals surface area contributed by atoms with Gasteiger partial charge in [0.25, 0.3) is 0 Å². The van der Waals surface area contributed by atoms with Gasteiger partial charge in [0.05, 0.1) is 17.0 Å². The Bertz CT molecular complexity index is 927. The molecule has 1 fully saturated rings. The van der Waals surface area contributed by atoms with Crippen molar-refractivity contribution in [2.75, 3.05) is 6.54 Å². The van der Waals surface area contributed by atoms with Gasteiger partial charge in [0, 0.05) is 38.4 Å². The van der Waals surface area contributed by atoms with E-state index in [9.17, 15) is 35.9 Å². The van der Waals surface area contributed by atoms with Crippen LogP contribution in [0.25, 0.3) is 0 Å². The van der Waals surface area contributed by atoms with E-state index in [-0.39, 0.29) is 31.1 Å². The van der Waals surface area contributed by atoms with Crippen molar-refractivity contribution in [3.8, 4) is 0 Å². The Morgan fingerprint density at radius 1 is 1.06 bits per heavy atom. The van der Waals surface area contributed by atoms with Gasteiger partial charge in [0.15, 0.2) is 0 Å². The summed E-state index contributed by atoms with van der Waals surface area (Å²) >= 11 is 0. The molecule has 2 heterocycles. The van der Waals surface area contributed by atoms with Crippen LogP contribution in [-0.2, 0) is 35.0 Å². The molecule has 1 aliphatic heterocycles. The molecule has 2 amide bonds. The lowest BCUT2D eigenvalue weighted by atomic mass is 10.0. The molecule has 0 aliphatic carbocycles. The van der Waals surface area contributed by atoms with Gasteiger partial charge >= 0.3 is 12.4 Å². The summed E-state index contributed by atoms with van der Waals surface area (Å²) < 4.78 is 78.1. The Labute approximate surface area is 173 Å². The Hall–Kier alpha value is -3.11. The zero-order valence-corrected chi connectivity index (χ0v) is 15.9. The molecule has 1 atom stereocenters. The smallest absolute Gasteiger partial charge is 0.352 e. The average Bonchev–Trinajstić information content (AvgIpc) is 3.06. The molecule has 31 heavy (non-hydrogen) atoms. The van der Waals surface area contributed by atoms with Crippen LogP contribution in [0.5, 0.6) is 0 Å². The van der Waals surface area contributed by atoms with Gasteiger partial charge in [-0.15, -0.1) is 0 Å². The number of amides is 2. The first-order valence-electron chi connectivity index (χ1n) is 9.16. The number of carbonyl (C=O) groups is 2. The van der Waals surface area contributed by atoms with Crippen LogP contribution in [0.4, 0.5) is 26.3 Å². The summed E-state index contributed by atoms with van der Waals surface area (Å²) in [6.45, 7) is -0.381. The minimum Gasteiger partial charge on any atom is -0.352 e. The molecule has 1 aliphatic rings. The van der Waals surface area contributed by atoms with Crippen LogP contribution in [0.2, 0.25) is 0 Å². The van der Waals surface area contributed by atoms with Crippen LogP contribution >= 0.6 is 0 Å². The first kappa shape index (κ1) is 22.6. The summed E-state index contributed by atoms with van der Waals surface area (Å²) in [6, 6.07) is 4.62. The van der Waals surface area contributed by atoms with Gasteiger partial charge in [0.2, 0.25) is 11.8 Å². The maximum Gasteiger partial charge on any atom is 0.416 e. The van der Waals surface area contributed by atoms with Crippen molar-refractivity contribution in [3.05, 3.63) is 65.0 Å². The maximum atomic E-state index is 13.0. The highest BCUT2D eigenvalue weighted by Crippen LogP contribution is 2.36. The highest BCUT2D eigenvalue weighted by Gasteiger charge is 2.38. The van der Waals surface area contributed by atoms with E-state index >= 15 is 0 Å². The topological polar surface area (TPSA) is 62.3 Å². The summed E-state index contributed by atoms with van der Waals surface area (Å²) in [6.07, 6.45) is -7.00. The number of rotatable bonds is 5. The number of aromatic nitrogens is 1. The van der Waals surface area contributed by atoms with Crippen molar-refractivity contribution < 1.29 is 35.9 Å². The predicted octanol–water partition coefficient (Wildman–Crippen LogP) is 3.78. The summed E-state index contributed by atoms with van der Waals surface area (Å²) in [5.41, 5.74) is -2.47. The number of nitrogens with one attached hydrogen (secondary N) is 1. The van der Waals surface area contributed by atoms with Crippen LogP contribution in [0.1, 0.15) is 28.7 Å². The van der Waals surface area contributed by atoms with E-state index < -0.39 is 47.8 Å². The number of benzene rings is 1. The van der Waals surface area contributed by atoms with Crippen LogP contribution < -0.4 is 5.32 Å². The molecule has 166 valence electrons. The Morgan fingerprint density at radius 2 is 1.71 bits per heavy atom. The fourth-order valence-corrected chi connectivity index (χ4v) is 3.27. The Balaban J connectivity index is 1.70. The van der Waals surface area contributed by atoms with Crippen LogP contribution in [0.15, 0.2) is 42.7 Å². The standard InChI is InChI=1S/C20H17F6N3O2/c21-19(22,23)15-4-13(5-16(7-15)20(24,25)26)10-29-11-14(6-17(29)30)18(31)28-9-12-2-1-3-27-8-12/h1-5,7-8,14H,6,9-11H2,(H,28,31). The first-order valence-corrected chi connectivity index (χ1v) is 9.16. The van der Waals surface area contributed by atoms with E-state index in [4.69, 9.17) is 0 Å². The summed E-state index contributed by atoms with van der Waals surface area (Å²) in [5, 5.41) is 2.65. The second-order valence-corrected chi connectivity index (χ2v) is 7.17. The minimum atomic E-state index is -4.97. The molecule has 5 nitrogen and oxygen atoms in total. The Kier molecular flexibility index (Phi) is 6.23. The number of pyridine rings is 1. The van der Waals surface area contributed by atoms with Crippen molar-refractivity contribution in [1.29, 1.82) is 0 Å². The molecule has 0 bridgehead atoms. The lowest BCUT2D eigenvalue weighted by Crippen LogP contribution is -2.32. The molecule has 2 aromatic rings. The van der Waals surface area contributed by atoms with E-state index in [0.29, 0.717) is 12.1 Å².